The third-order valence-electron chi connectivity index (χ3n) is 2.88. The average molecular weight is 440 g/mol. The minimum Gasteiger partial charge on any atom is -0.324 e. The van der Waals surface area contributed by atoms with E-state index in [1.165, 1.54) is 14.1 Å². The number of halogens is 2. The summed E-state index contributed by atoms with van der Waals surface area (Å²) in [6, 6.07) is 2.19. The maximum atomic E-state index is 6.28. The molecule has 1 unspecified atom stereocenters. The summed E-state index contributed by atoms with van der Waals surface area (Å²) in [5.74, 6) is 0. The molecule has 2 aromatic rings. The molecule has 2 N–H and O–H groups in total. The van der Waals surface area contributed by atoms with Crippen LogP contribution >= 0.6 is 49.9 Å². The Morgan fingerprint density at radius 3 is 2.89 bits per heavy atom. The van der Waals surface area contributed by atoms with Gasteiger partial charge in [0.15, 0.2) is 0 Å². The zero-order chi connectivity index (χ0) is 13.3. The van der Waals surface area contributed by atoms with Crippen LogP contribution in [0.4, 0.5) is 0 Å². The van der Waals surface area contributed by atoms with Crippen molar-refractivity contribution in [3.05, 3.63) is 35.8 Å². The summed E-state index contributed by atoms with van der Waals surface area (Å²) in [6.07, 6.45) is 0.808. The van der Waals surface area contributed by atoms with Crippen molar-refractivity contribution in [2.45, 2.75) is 32.9 Å². The van der Waals surface area contributed by atoms with Gasteiger partial charge in [0.1, 0.15) is 0 Å². The molecule has 0 aromatic carbocycles. The first-order chi connectivity index (χ1) is 8.52. The van der Waals surface area contributed by atoms with Gasteiger partial charge in [-0.25, -0.2) is 0 Å². The zero-order valence-electron chi connectivity index (χ0n) is 10.3. The Bertz CT molecular complexity index is 550. The minimum absolute atomic E-state index is 0.0301. The van der Waals surface area contributed by atoms with Crippen LogP contribution in [0.15, 0.2) is 15.9 Å². The maximum absolute atomic E-state index is 6.28. The molecule has 18 heavy (non-hydrogen) atoms. The SMILES string of the molecule is CCn1nc(C)c(Br)c1CC(N)c1csc(I)c1. The first-order valence-corrected chi connectivity index (χ1v) is 8.49. The summed E-state index contributed by atoms with van der Waals surface area (Å²) in [6.45, 7) is 4.98. The van der Waals surface area contributed by atoms with Gasteiger partial charge in [-0.1, -0.05) is 0 Å². The van der Waals surface area contributed by atoms with Crippen LogP contribution in [0, 0.1) is 9.81 Å². The fourth-order valence-electron chi connectivity index (χ4n) is 1.91. The summed E-state index contributed by atoms with van der Waals surface area (Å²) in [5.41, 5.74) is 9.70. The number of nitrogens with zero attached hydrogens (tertiary/aromatic N) is 2. The second kappa shape index (κ2) is 6.02. The minimum atomic E-state index is 0.0301. The van der Waals surface area contributed by atoms with Crippen LogP contribution in [0.3, 0.4) is 0 Å². The number of hydrogen-bond donors (Lipinski definition) is 1. The van der Waals surface area contributed by atoms with E-state index in [9.17, 15) is 0 Å². The van der Waals surface area contributed by atoms with Crippen LogP contribution in [-0.4, -0.2) is 9.78 Å². The van der Waals surface area contributed by atoms with Crippen molar-refractivity contribution in [3.8, 4) is 0 Å². The van der Waals surface area contributed by atoms with Gasteiger partial charge in [-0.2, -0.15) is 5.10 Å². The molecule has 2 aromatic heterocycles. The Balaban J connectivity index is 2.23. The van der Waals surface area contributed by atoms with Crippen molar-refractivity contribution in [2.24, 2.45) is 5.73 Å². The van der Waals surface area contributed by atoms with Gasteiger partial charge in [0.25, 0.3) is 0 Å². The van der Waals surface area contributed by atoms with E-state index in [-0.39, 0.29) is 6.04 Å². The molecule has 1 atom stereocenters. The molecule has 0 aliphatic heterocycles. The van der Waals surface area contributed by atoms with E-state index in [1.54, 1.807) is 11.3 Å². The highest BCUT2D eigenvalue weighted by atomic mass is 127. The van der Waals surface area contributed by atoms with E-state index in [2.05, 4.69) is 62.0 Å². The van der Waals surface area contributed by atoms with Gasteiger partial charge in [0.05, 0.1) is 18.7 Å². The molecule has 6 heteroatoms. The molecule has 0 fully saturated rings. The molecule has 0 bridgehead atoms. The second-order valence-electron chi connectivity index (χ2n) is 4.16. The predicted octanol–water partition coefficient (Wildman–Crippen LogP) is 3.88. The van der Waals surface area contributed by atoms with Crippen LogP contribution in [0.2, 0.25) is 0 Å². The number of rotatable bonds is 4. The van der Waals surface area contributed by atoms with Gasteiger partial charge < -0.3 is 5.73 Å². The summed E-state index contributed by atoms with van der Waals surface area (Å²) in [4.78, 5) is 0. The predicted molar refractivity (Wildman–Crippen MR) is 88.0 cm³/mol. The Labute approximate surface area is 133 Å². The highest BCUT2D eigenvalue weighted by Gasteiger charge is 2.17. The smallest absolute Gasteiger partial charge is 0.0738 e. The Morgan fingerprint density at radius 2 is 2.33 bits per heavy atom. The number of aryl methyl sites for hydroxylation is 2. The van der Waals surface area contributed by atoms with Gasteiger partial charge in [-0.3, -0.25) is 4.68 Å². The highest BCUT2D eigenvalue weighted by Crippen LogP contribution is 2.27. The lowest BCUT2D eigenvalue weighted by atomic mass is 10.1. The molecule has 0 spiro atoms. The Morgan fingerprint density at radius 1 is 1.61 bits per heavy atom. The fourth-order valence-corrected chi connectivity index (χ4v) is 3.79. The molecule has 98 valence electrons. The Kier molecular flexibility index (Phi) is 4.85. The van der Waals surface area contributed by atoms with Crippen LogP contribution in [0.1, 0.15) is 29.9 Å². The molecular formula is C12H15BrIN3S. The lowest BCUT2D eigenvalue weighted by Gasteiger charge is -2.11. The highest BCUT2D eigenvalue weighted by molar-refractivity contribution is 14.1. The zero-order valence-corrected chi connectivity index (χ0v) is 14.8. The van der Waals surface area contributed by atoms with E-state index in [0.717, 1.165) is 23.1 Å². The maximum Gasteiger partial charge on any atom is 0.0738 e. The number of nitrogens with two attached hydrogens (primary N) is 1. The monoisotopic (exact) mass is 439 g/mol. The number of aromatic nitrogens is 2. The standard InChI is InChI=1S/C12H15BrIN3S/c1-3-17-10(12(13)7(2)16-17)5-9(15)8-4-11(14)18-6-8/h4,6,9H,3,5,15H2,1-2H3. The third kappa shape index (κ3) is 2.97. The molecular weight excluding hydrogens is 425 g/mol. The van der Waals surface area contributed by atoms with Crippen molar-refractivity contribution in [3.63, 3.8) is 0 Å². The van der Waals surface area contributed by atoms with Crippen LogP contribution in [-0.2, 0) is 13.0 Å². The normalized spacial score (nSPS) is 12.9. The van der Waals surface area contributed by atoms with Gasteiger partial charge in [0, 0.05) is 19.0 Å². The molecule has 0 saturated heterocycles. The lowest BCUT2D eigenvalue weighted by molar-refractivity contribution is 0.587. The molecule has 3 nitrogen and oxygen atoms in total. The average Bonchev–Trinajstić information content (AvgIpc) is 2.88. The van der Waals surface area contributed by atoms with E-state index in [4.69, 9.17) is 5.73 Å². The van der Waals surface area contributed by atoms with Gasteiger partial charge in [-0.15, -0.1) is 11.3 Å². The summed E-state index contributed by atoms with van der Waals surface area (Å²) >= 11 is 7.67. The van der Waals surface area contributed by atoms with Gasteiger partial charge in [-0.05, 0) is 69.4 Å². The fraction of sp³-hybridized carbons (Fsp3) is 0.417. The van der Waals surface area contributed by atoms with Crippen LogP contribution < -0.4 is 5.73 Å². The summed E-state index contributed by atoms with van der Waals surface area (Å²) < 4.78 is 4.39. The Hall–Kier alpha value is 0.0800. The van der Waals surface area contributed by atoms with Crippen LogP contribution in [0.5, 0.6) is 0 Å². The third-order valence-corrected chi connectivity index (χ3v) is 5.72. The van der Waals surface area contributed by atoms with E-state index in [0.29, 0.717) is 0 Å². The summed E-state index contributed by atoms with van der Waals surface area (Å²) in [5, 5.41) is 6.63. The van der Waals surface area contributed by atoms with Crippen molar-refractivity contribution in [2.75, 3.05) is 0 Å². The van der Waals surface area contributed by atoms with Crippen molar-refractivity contribution in [1.29, 1.82) is 0 Å². The first-order valence-electron chi connectivity index (χ1n) is 5.74. The number of hydrogen-bond acceptors (Lipinski definition) is 3. The summed E-state index contributed by atoms with van der Waals surface area (Å²) in [7, 11) is 0. The van der Waals surface area contributed by atoms with E-state index >= 15 is 0 Å². The number of thiophene rings is 1. The van der Waals surface area contributed by atoms with Crippen molar-refractivity contribution >= 4 is 49.9 Å². The second-order valence-corrected chi connectivity index (χ2v) is 7.76. The topological polar surface area (TPSA) is 43.8 Å². The van der Waals surface area contributed by atoms with Crippen LogP contribution in [0.25, 0.3) is 0 Å². The molecule has 0 aliphatic rings. The quantitative estimate of drug-likeness (QED) is 0.734. The molecule has 2 heterocycles. The first kappa shape index (κ1) is 14.5. The van der Waals surface area contributed by atoms with Crippen molar-refractivity contribution < 1.29 is 0 Å². The van der Waals surface area contributed by atoms with Gasteiger partial charge in [0.2, 0.25) is 0 Å². The van der Waals surface area contributed by atoms with Crippen molar-refractivity contribution in [1.82, 2.24) is 9.78 Å². The molecule has 0 saturated carbocycles. The van der Waals surface area contributed by atoms with E-state index < -0.39 is 0 Å². The largest absolute Gasteiger partial charge is 0.324 e. The lowest BCUT2D eigenvalue weighted by Crippen LogP contribution is -2.15. The van der Waals surface area contributed by atoms with Gasteiger partial charge >= 0.3 is 0 Å². The molecule has 0 radical (unpaired) electrons. The van der Waals surface area contributed by atoms with E-state index in [1.807, 2.05) is 11.6 Å². The molecule has 0 aliphatic carbocycles. The molecule has 2 rings (SSSR count). The molecule has 0 amide bonds.